The molecule has 0 spiro atoms. The summed E-state index contributed by atoms with van der Waals surface area (Å²) in [5.41, 5.74) is 1.19. The minimum absolute atomic E-state index is 0.767. The number of hydrogen-bond donors (Lipinski definition) is 0. The van der Waals surface area contributed by atoms with Crippen molar-refractivity contribution in [3.63, 3.8) is 0 Å². The van der Waals surface area contributed by atoms with Gasteiger partial charge in [0.1, 0.15) is 0 Å². The first-order valence-corrected chi connectivity index (χ1v) is 4.54. The van der Waals surface area contributed by atoms with E-state index in [1.165, 1.54) is 11.5 Å². The summed E-state index contributed by atoms with van der Waals surface area (Å²) in [6.45, 7) is 4.14. The van der Waals surface area contributed by atoms with Gasteiger partial charge in [0.25, 0.3) is 0 Å². The second-order valence-electron chi connectivity index (χ2n) is 2.63. The van der Waals surface area contributed by atoms with Gasteiger partial charge in [-0.3, -0.25) is 0 Å². The lowest BCUT2D eigenvalue weighted by molar-refractivity contribution is 1.15. The molecular weight excluding hydrogens is 223 g/mol. The molecule has 0 aromatic heterocycles. The maximum atomic E-state index is 5.90. The minimum Gasteiger partial charge on any atom is -0.0831 e. The molecule has 0 nitrogen and oxygen atoms in total. The molecule has 1 radical (unpaired) electrons. The Morgan fingerprint density at radius 3 is 2.45 bits per heavy atom. The highest BCUT2D eigenvalue weighted by Gasteiger charge is 2.01. The lowest BCUT2D eigenvalue weighted by Crippen LogP contribution is -1.86. The van der Waals surface area contributed by atoms with Gasteiger partial charge in [-0.25, -0.2) is 0 Å². The Morgan fingerprint density at radius 2 is 2.00 bits per heavy atom. The van der Waals surface area contributed by atoms with Crippen LogP contribution in [0.1, 0.15) is 19.4 Å². The summed E-state index contributed by atoms with van der Waals surface area (Å²) < 4.78 is 0.948. The Kier molecular flexibility index (Phi) is 2.97. The van der Waals surface area contributed by atoms with Crippen LogP contribution < -0.4 is 0 Å². The van der Waals surface area contributed by atoms with Crippen molar-refractivity contribution in [1.29, 1.82) is 0 Å². The van der Waals surface area contributed by atoms with Gasteiger partial charge in [-0.1, -0.05) is 31.5 Å². The van der Waals surface area contributed by atoms with Crippen molar-refractivity contribution in [2.45, 2.75) is 13.8 Å². The van der Waals surface area contributed by atoms with E-state index in [0.29, 0.717) is 0 Å². The molecule has 1 rings (SSSR count). The summed E-state index contributed by atoms with van der Waals surface area (Å²) in [5.74, 6) is 1.28. The predicted molar refractivity (Wildman–Crippen MR) is 52.8 cm³/mol. The lowest BCUT2D eigenvalue weighted by Gasteiger charge is -2.04. The molecule has 11 heavy (non-hydrogen) atoms. The molecule has 0 aliphatic heterocycles. The average Bonchev–Trinajstić information content (AvgIpc) is 1.94. The van der Waals surface area contributed by atoms with Crippen LogP contribution in [0.4, 0.5) is 0 Å². The number of benzene rings is 1. The van der Waals surface area contributed by atoms with Crippen molar-refractivity contribution in [1.82, 2.24) is 0 Å². The zero-order chi connectivity index (χ0) is 8.43. The molecule has 0 saturated carbocycles. The van der Waals surface area contributed by atoms with Crippen LogP contribution in [0, 0.1) is 5.92 Å². The molecular formula is C9H9BrCl. The van der Waals surface area contributed by atoms with E-state index in [1.54, 1.807) is 0 Å². The highest BCUT2D eigenvalue weighted by Crippen LogP contribution is 2.25. The van der Waals surface area contributed by atoms with Gasteiger partial charge in [0.2, 0.25) is 0 Å². The quantitative estimate of drug-likeness (QED) is 0.685. The van der Waals surface area contributed by atoms with Gasteiger partial charge in [-0.15, -0.1) is 0 Å². The summed E-state index contributed by atoms with van der Waals surface area (Å²) >= 11 is 9.23. The first kappa shape index (κ1) is 9.08. The summed E-state index contributed by atoms with van der Waals surface area (Å²) in [4.78, 5) is 0. The van der Waals surface area contributed by atoms with E-state index >= 15 is 0 Å². The largest absolute Gasteiger partial charge is 0.0831 e. The number of hydrogen-bond acceptors (Lipinski definition) is 0. The molecule has 0 atom stereocenters. The summed E-state index contributed by atoms with van der Waals surface area (Å²) in [7, 11) is 0. The first-order valence-electron chi connectivity index (χ1n) is 3.37. The molecule has 0 fully saturated rings. The molecule has 0 saturated heterocycles. The Bertz CT molecular complexity index is 256. The van der Waals surface area contributed by atoms with Crippen LogP contribution in [0.2, 0.25) is 5.02 Å². The number of halogens is 2. The molecule has 1 aromatic rings. The van der Waals surface area contributed by atoms with Gasteiger partial charge in [-0.2, -0.15) is 0 Å². The van der Waals surface area contributed by atoms with E-state index in [-0.39, 0.29) is 0 Å². The monoisotopic (exact) mass is 231 g/mol. The van der Waals surface area contributed by atoms with Crippen LogP contribution in [0.25, 0.3) is 0 Å². The van der Waals surface area contributed by atoms with Gasteiger partial charge in [0.15, 0.2) is 0 Å². The Morgan fingerprint density at radius 1 is 1.36 bits per heavy atom. The zero-order valence-corrected chi connectivity index (χ0v) is 8.83. The fraction of sp³-hybridized carbons (Fsp3) is 0.222. The fourth-order valence-electron chi connectivity index (χ4n) is 0.807. The molecule has 0 aliphatic rings. The van der Waals surface area contributed by atoms with E-state index < -0.39 is 0 Å². The van der Waals surface area contributed by atoms with E-state index in [1.807, 2.05) is 18.2 Å². The Hall–Kier alpha value is -0.0100. The van der Waals surface area contributed by atoms with Gasteiger partial charge in [0.05, 0.1) is 5.02 Å². The standard InChI is InChI=1S/C9H9BrCl/c1-6(2)7-3-4-8(10)9(11)5-7/h3-5H,1-2H3. The summed E-state index contributed by atoms with van der Waals surface area (Å²) in [5, 5.41) is 0.767. The second-order valence-corrected chi connectivity index (χ2v) is 3.89. The van der Waals surface area contributed by atoms with Crippen molar-refractivity contribution < 1.29 is 0 Å². The molecule has 1 aromatic carbocycles. The van der Waals surface area contributed by atoms with Crippen LogP contribution in [-0.4, -0.2) is 0 Å². The van der Waals surface area contributed by atoms with Crippen molar-refractivity contribution in [3.05, 3.63) is 39.2 Å². The SMILES string of the molecule is C[C](C)c1ccc(Br)c(Cl)c1. The maximum absolute atomic E-state index is 5.90. The van der Waals surface area contributed by atoms with Crippen molar-refractivity contribution in [2.24, 2.45) is 0 Å². The zero-order valence-electron chi connectivity index (χ0n) is 6.49. The van der Waals surface area contributed by atoms with E-state index in [0.717, 1.165) is 9.50 Å². The third kappa shape index (κ3) is 2.21. The minimum atomic E-state index is 0.767. The third-order valence-corrected chi connectivity index (χ3v) is 2.73. The highest BCUT2D eigenvalue weighted by molar-refractivity contribution is 9.10. The smallest absolute Gasteiger partial charge is 0.0551 e. The van der Waals surface area contributed by atoms with Gasteiger partial charge in [0, 0.05) is 4.47 Å². The maximum Gasteiger partial charge on any atom is 0.0551 e. The predicted octanol–water partition coefficient (Wildman–Crippen LogP) is 4.06. The van der Waals surface area contributed by atoms with E-state index in [2.05, 4.69) is 29.8 Å². The van der Waals surface area contributed by atoms with Crippen molar-refractivity contribution >= 4 is 27.5 Å². The van der Waals surface area contributed by atoms with E-state index in [4.69, 9.17) is 11.6 Å². The van der Waals surface area contributed by atoms with Crippen LogP contribution in [0.5, 0.6) is 0 Å². The molecule has 0 unspecified atom stereocenters. The van der Waals surface area contributed by atoms with Crippen molar-refractivity contribution in [3.8, 4) is 0 Å². The summed E-state index contributed by atoms with van der Waals surface area (Å²) in [6, 6.07) is 5.97. The average molecular weight is 233 g/mol. The molecule has 0 heterocycles. The molecule has 0 amide bonds. The Labute approximate surface area is 80.7 Å². The Balaban J connectivity index is 3.05. The molecule has 59 valence electrons. The van der Waals surface area contributed by atoms with Crippen LogP contribution in [0.15, 0.2) is 22.7 Å². The fourth-order valence-corrected chi connectivity index (χ4v) is 1.23. The van der Waals surface area contributed by atoms with Crippen molar-refractivity contribution in [2.75, 3.05) is 0 Å². The van der Waals surface area contributed by atoms with Gasteiger partial charge >= 0.3 is 0 Å². The molecule has 0 N–H and O–H groups in total. The highest BCUT2D eigenvalue weighted by atomic mass is 79.9. The lowest BCUT2D eigenvalue weighted by atomic mass is 10.0. The van der Waals surface area contributed by atoms with Crippen LogP contribution in [-0.2, 0) is 0 Å². The second kappa shape index (κ2) is 3.59. The first-order chi connectivity index (χ1) is 5.11. The molecule has 0 bridgehead atoms. The van der Waals surface area contributed by atoms with E-state index in [9.17, 15) is 0 Å². The normalized spacial score (nSPS) is 10.6. The van der Waals surface area contributed by atoms with Crippen LogP contribution >= 0.6 is 27.5 Å². The third-order valence-electron chi connectivity index (χ3n) is 1.50. The van der Waals surface area contributed by atoms with Gasteiger partial charge in [-0.05, 0) is 39.5 Å². The van der Waals surface area contributed by atoms with Crippen LogP contribution in [0.3, 0.4) is 0 Å². The molecule has 0 aliphatic carbocycles. The summed E-state index contributed by atoms with van der Waals surface area (Å²) in [6.07, 6.45) is 0. The topological polar surface area (TPSA) is 0 Å². The van der Waals surface area contributed by atoms with Gasteiger partial charge < -0.3 is 0 Å². The molecule has 2 heteroatoms. The number of rotatable bonds is 1.